The molecule has 0 saturated carbocycles. The number of carbonyl (C=O) groups is 2. The van der Waals surface area contributed by atoms with Gasteiger partial charge in [-0.05, 0) is 28.5 Å². The van der Waals surface area contributed by atoms with Gasteiger partial charge in [-0.15, -0.1) is 0 Å². The van der Waals surface area contributed by atoms with E-state index in [-0.39, 0.29) is 5.91 Å². The van der Waals surface area contributed by atoms with E-state index >= 15 is 0 Å². The van der Waals surface area contributed by atoms with Crippen molar-refractivity contribution in [1.29, 1.82) is 0 Å². The molecular formula is C24H20N2O3. The summed E-state index contributed by atoms with van der Waals surface area (Å²) in [5, 5.41) is 5.83. The minimum absolute atomic E-state index is 0.331. The van der Waals surface area contributed by atoms with Crippen molar-refractivity contribution in [3.8, 4) is 0 Å². The molecule has 0 fully saturated rings. The van der Waals surface area contributed by atoms with Gasteiger partial charge in [-0.3, -0.25) is 9.78 Å². The maximum absolute atomic E-state index is 13.0. The van der Waals surface area contributed by atoms with E-state index in [0.29, 0.717) is 17.5 Å². The monoisotopic (exact) mass is 384 g/mol. The molecule has 0 spiro atoms. The van der Waals surface area contributed by atoms with Gasteiger partial charge in [0.05, 0.1) is 18.2 Å². The lowest BCUT2D eigenvalue weighted by molar-refractivity contribution is -0.142. The molecule has 0 unspecified atom stereocenters. The average molecular weight is 384 g/mol. The lowest BCUT2D eigenvalue weighted by atomic mass is 9.98. The number of hydrogen-bond donors (Lipinski definition) is 1. The molecule has 1 amide bonds. The zero-order valence-electron chi connectivity index (χ0n) is 16.0. The molecule has 1 aromatic heterocycles. The van der Waals surface area contributed by atoms with Crippen LogP contribution in [0.5, 0.6) is 0 Å². The number of fused-ring (bicyclic) bond motifs is 2. The summed E-state index contributed by atoms with van der Waals surface area (Å²) in [4.78, 5) is 29.7. The van der Waals surface area contributed by atoms with Gasteiger partial charge in [0, 0.05) is 18.0 Å². The second-order valence-corrected chi connectivity index (χ2v) is 6.77. The molecule has 1 heterocycles. The summed E-state index contributed by atoms with van der Waals surface area (Å²) in [5.74, 6) is -0.843. The van der Waals surface area contributed by atoms with E-state index in [2.05, 4.69) is 10.3 Å². The Labute approximate surface area is 168 Å². The number of pyridine rings is 1. The highest BCUT2D eigenvalue weighted by Crippen LogP contribution is 2.21. The molecule has 1 atom stereocenters. The molecule has 29 heavy (non-hydrogen) atoms. The van der Waals surface area contributed by atoms with Gasteiger partial charge in [0.15, 0.2) is 0 Å². The predicted molar refractivity (Wildman–Crippen MR) is 113 cm³/mol. The van der Waals surface area contributed by atoms with Gasteiger partial charge in [-0.2, -0.15) is 0 Å². The molecule has 4 rings (SSSR count). The molecule has 0 saturated heterocycles. The fourth-order valence-corrected chi connectivity index (χ4v) is 3.55. The Morgan fingerprint density at radius 1 is 0.931 bits per heavy atom. The van der Waals surface area contributed by atoms with Crippen molar-refractivity contribution in [3.05, 3.63) is 90.1 Å². The topological polar surface area (TPSA) is 68.3 Å². The second-order valence-electron chi connectivity index (χ2n) is 6.77. The van der Waals surface area contributed by atoms with Gasteiger partial charge in [0.1, 0.15) is 6.04 Å². The van der Waals surface area contributed by atoms with Crippen molar-refractivity contribution in [2.75, 3.05) is 7.11 Å². The molecule has 1 N–H and O–H groups in total. The fraction of sp³-hybridized carbons (Fsp3) is 0.125. The van der Waals surface area contributed by atoms with Crippen molar-refractivity contribution < 1.29 is 14.3 Å². The first-order chi connectivity index (χ1) is 14.2. The van der Waals surface area contributed by atoms with Crippen molar-refractivity contribution in [1.82, 2.24) is 10.3 Å². The molecule has 144 valence electrons. The van der Waals surface area contributed by atoms with E-state index in [1.54, 1.807) is 18.3 Å². The van der Waals surface area contributed by atoms with Crippen LogP contribution in [-0.4, -0.2) is 30.0 Å². The van der Waals surface area contributed by atoms with Crippen LogP contribution in [0.15, 0.2) is 79.0 Å². The Balaban J connectivity index is 1.65. The molecule has 4 aromatic rings. The number of methoxy groups -OCH3 is 1. The number of para-hydroxylation sites is 1. The molecule has 0 aliphatic carbocycles. The van der Waals surface area contributed by atoms with Gasteiger partial charge in [0.25, 0.3) is 5.91 Å². The third-order valence-electron chi connectivity index (χ3n) is 4.97. The van der Waals surface area contributed by atoms with Crippen LogP contribution in [0.4, 0.5) is 0 Å². The summed E-state index contributed by atoms with van der Waals surface area (Å²) >= 11 is 0. The Bertz CT molecular complexity index is 1190. The number of nitrogens with one attached hydrogen (secondary N) is 1. The number of nitrogens with zero attached hydrogens (tertiary/aromatic N) is 1. The summed E-state index contributed by atoms with van der Waals surface area (Å²) in [7, 11) is 1.32. The smallest absolute Gasteiger partial charge is 0.328 e. The Kier molecular flexibility index (Phi) is 5.20. The van der Waals surface area contributed by atoms with Gasteiger partial charge >= 0.3 is 5.97 Å². The summed E-state index contributed by atoms with van der Waals surface area (Å²) in [5.41, 5.74) is 1.99. The minimum atomic E-state index is -0.808. The third kappa shape index (κ3) is 3.80. The summed E-state index contributed by atoms with van der Waals surface area (Å²) in [6, 6.07) is 22.2. The standard InChI is InChI=1S/C24H20N2O3/c1-29-24(28)21(15-18-10-4-8-16-7-2-3-12-19(16)18)26-23(27)20-13-5-9-17-11-6-14-25-22(17)20/h2-14,21H,15H2,1H3,(H,26,27)/t21-/m0/s1. The number of carbonyl (C=O) groups excluding carboxylic acids is 2. The number of rotatable bonds is 5. The first-order valence-corrected chi connectivity index (χ1v) is 9.36. The Hall–Kier alpha value is -3.73. The lowest BCUT2D eigenvalue weighted by Gasteiger charge is -2.18. The van der Waals surface area contributed by atoms with Gasteiger partial charge in [0.2, 0.25) is 0 Å². The van der Waals surface area contributed by atoms with Crippen LogP contribution in [0.25, 0.3) is 21.7 Å². The van der Waals surface area contributed by atoms with E-state index in [1.165, 1.54) is 7.11 Å². The first kappa shape index (κ1) is 18.6. The predicted octanol–water partition coefficient (Wildman–Crippen LogP) is 3.90. The highest BCUT2D eigenvalue weighted by molar-refractivity contribution is 6.06. The summed E-state index contributed by atoms with van der Waals surface area (Å²) in [6.45, 7) is 0. The third-order valence-corrected chi connectivity index (χ3v) is 4.97. The average Bonchev–Trinajstić information content (AvgIpc) is 2.77. The number of hydrogen-bond acceptors (Lipinski definition) is 4. The fourth-order valence-electron chi connectivity index (χ4n) is 3.55. The van der Waals surface area contributed by atoms with E-state index in [9.17, 15) is 9.59 Å². The highest BCUT2D eigenvalue weighted by Gasteiger charge is 2.24. The van der Waals surface area contributed by atoms with Gasteiger partial charge in [-0.25, -0.2) is 4.79 Å². The number of amides is 1. The zero-order valence-corrected chi connectivity index (χ0v) is 16.0. The van der Waals surface area contributed by atoms with Crippen molar-refractivity contribution >= 4 is 33.6 Å². The normalized spacial score (nSPS) is 11.9. The van der Waals surface area contributed by atoms with Crippen LogP contribution >= 0.6 is 0 Å². The van der Waals surface area contributed by atoms with Crippen LogP contribution < -0.4 is 5.32 Å². The molecule has 0 radical (unpaired) electrons. The molecule has 5 heteroatoms. The van der Waals surface area contributed by atoms with Crippen LogP contribution in [0.1, 0.15) is 15.9 Å². The molecular weight excluding hydrogens is 364 g/mol. The number of benzene rings is 3. The van der Waals surface area contributed by atoms with Crippen LogP contribution in [0.2, 0.25) is 0 Å². The molecule has 5 nitrogen and oxygen atoms in total. The molecule has 0 bridgehead atoms. The minimum Gasteiger partial charge on any atom is -0.467 e. The number of aromatic nitrogens is 1. The van der Waals surface area contributed by atoms with E-state index in [4.69, 9.17) is 4.74 Å². The van der Waals surface area contributed by atoms with Crippen molar-refractivity contribution in [3.63, 3.8) is 0 Å². The molecule has 0 aliphatic heterocycles. The Morgan fingerprint density at radius 2 is 1.66 bits per heavy atom. The van der Waals surface area contributed by atoms with Crippen LogP contribution in [0.3, 0.4) is 0 Å². The maximum atomic E-state index is 13.0. The summed E-state index contributed by atoms with van der Waals surface area (Å²) < 4.78 is 4.95. The van der Waals surface area contributed by atoms with Crippen LogP contribution in [-0.2, 0) is 16.0 Å². The highest BCUT2D eigenvalue weighted by atomic mass is 16.5. The maximum Gasteiger partial charge on any atom is 0.328 e. The first-order valence-electron chi connectivity index (χ1n) is 9.36. The van der Waals surface area contributed by atoms with Crippen molar-refractivity contribution in [2.24, 2.45) is 0 Å². The zero-order chi connectivity index (χ0) is 20.2. The second kappa shape index (κ2) is 8.10. The molecule has 3 aromatic carbocycles. The van der Waals surface area contributed by atoms with E-state index < -0.39 is 12.0 Å². The van der Waals surface area contributed by atoms with Gasteiger partial charge in [-0.1, -0.05) is 60.7 Å². The summed E-state index contributed by atoms with van der Waals surface area (Å²) in [6.07, 6.45) is 1.98. The number of ether oxygens (including phenoxy) is 1. The quantitative estimate of drug-likeness (QED) is 0.530. The lowest BCUT2D eigenvalue weighted by Crippen LogP contribution is -2.43. The Morgan fingerprint density at radius 3 is 2.52 bits per heavy atom. The number of esters is 1. The molecule has 0 aliphatic rings. The van der Waals surface area contributed by atoms with E-state index in [1.807, 2.05) is 60.7 Å². The van der Waals surface area contributed by atoms with Gasteiger partial charge < -0.3 is 10.1 Å². The van der Waals surface area contributed by atoms with E-state index in [0.717, 1.165) is 21.7 Å². The van der Waals surface area contributed by atoms with Crippen LogP contribution in [0, 0.1) is 0 Å². The van der Waals surface area contributed by atoms with Crippen molar-refractivity contribution in [2.45, 2.75) is 12.5 Å². The SMILES string of the molecule is COC(=O)[C@H](Cc1cccc2ccccc12)NC(=O)c1cccc2cccnc12. The largest absolute Gasteiger partial charge is 0.467 e.